The van der Waals surface area contributed by atoms with E-state index in [1.54, 1.807) is 0 Å². The van der Waals surface area contributed by atoms with Crippen molar-refractivity contribution in [1.29, 1.82) is 0 Å². The topological polar surface area (TPSA) is 12.9 Å². The molecule has 2 heteroatoms. The summed E-state index contributed by atoms with van der Waals surface area (Å²) in [6, 6.07) is 12.1. The zero-order valence-electron chi connectivity index (χ0n) is 10.5. The summed E-state index contributed by atoms with van der Waals surface area (Å²) in [6.07, 6.45) is 0. The largest absolute Gasteiger partial charge is 0.249 e. The molecule has 0 atom stereocenters. The van der Waals surface area contributed by atoms with E-state index in [2.05, 4.69) is 24.0 Å². The summed E-state index contributed by atoms with van der Waals surface area (Å²) in [7, 11) is 0. The van der Waals surface area contributed by atoms with Gasteiger partial charge in [-0.15, -0.1) is 0 Å². The van der Waals surface area contributed by atoms with Gasteiger partial charge < -0.3 is 0 Å². The Kier molecular flexibility index (Phi) is 2.51. The summed E-state index contributed by atoms with van der Waals surface area (Å²) >= 11 is 0. The summed E-state index contributed by atoms with van der Waals surface area (Å²) in [5.41, 5.74) is 3.75. The highest BCUT2D eigenvalue weighted by atomic mass is 19.1. The molecule has 0 fully saturated rings. The summed E-state index contributed by atoms with van der Waals surface area (Å²) in [6.45, 7) is 3.58. The van der Waals surface area contributed by atoms with Gasteiger partial charge >= 0.3 is 0 Å². The number of benzene rings is 2. The number of hydrogen-bond donors (Lipinski definition) is 0. The van der Waals surface area contributed by atoms with Crippen LogP contribution in [0.4, 0.5) is 4.39 Å². The highest BCUT2D eigenvalue weighted by Crippen LogP contribution is 2.29. The third kappa shape index (κ3) is 1.57. The fourth-order valence-electron chi connectivity index (χ4n) is 2.58. The number of pyridine rings is 1. The highest BCUT2D eigenvalue weighted by molar-refractivity contribution is 6.07. The van der Waals surface area contributed by atoms with Crippen LogP contribution in [-0.4, -0.2) is 4.98 Å². The van der Waals surface area contributed by atoms with Crippen molar-refractivity contribution < 1.29 is 4.39 Å². The summed E-state index contributed by atoms with van der Waals surface area (Å²) in [4.78, 5) is 4.49. The molecule has 0 bridgehead atoms. The molecule has 0 aliphatic heterocycles. The van der Waals surface area contributed by atoms with Crippen LogP contribution in [0.1, 0.15) is 16.8 Å². The molecule has 3 rings (SSSR count). The molecule has 18 heavy (non-hydrogen) atoms. The first-order valence-corrected chi connectivity index (χ1v) is 6.05. The Morgan fingerprint density at radius 2 is 1.72 bits per heavy atom. The van der Waals surface area contributed by atoms with Crippen molar-refractivity contribution in [3.63, 3.8) is 0 Å². The monoisotopic (exact) mass is 239 g/mol. The maximum absolute atomic E-state index is 13.1. The normalized spacial score (nSPS) is 11.3. The Morgan fingerprint density at radius 3 is 2.44 bits per heavy atom. The standard InChI is InChI=1S/C16H14FN/c1-10-7-11(2)16-14(8-10)12-5-3-4-6-13(12)15(9-17)18-16/h3-8H,9H2,1-2H3. The second-order valence-electron chi connectivity index (χ2n) is 4.72. The molecule has 0 unspecified atom stereocenters. The van der Waals surface area contributed by atoms with E-state index in [9.17, 15) is 4.39 Å². The lowest BCUT2D eigenvalue weighted by atomic mass is 10.00. The van der Waals surface area contributed by atoms with Crippen LogP contribution in [0.15, 0.2) is 36.4 Å². The average molecular weight is 239 g/mol. The van der Waals surface area contributed by atoms with Crippen LogP contribution in [0.25, 0.3) is 21.7 Å². The molecule has 0 saturated carbocycles. The lowest BCUT2D eigenvalue weighted by Crippen LogP contribution is -1.93. The molecule has 0 radical (unpaired) electrons. The first kappa shape index (κ1) is 11.1. The minimum atomic E-state index is -0.524. The molecule has 3 aromatic rings. The lowest BCUT2D eigenvalue weighted by Gasteiger charge is -2.10. The molecule has 0 amide bonds. The van der Waals surface area contributed by atoms with E-state index in [1.807, 2.05) is 31.2 Å². The third-order valence-electron chi connectivity index (χ3n) is 3.35. The zero-order chi connectivity index (χ0) is 12.7. The average Bonchev–Trinajstić information content (AvgIpc) is 2.38. The van der Waals surface area contributed by atoms with Crippen molar-refractivity contribution in [3.05, 3.63) is 53.2 Å². The van der Waals surface area contributed by atoms with Gasteiger partial charge in [-0.05, 0) is 30.9 Å². The van der Waals surface area contributed by atoms with Crippen LogP contribution in [0.2, 0.25) is 0 Å². The van der Waals surface area contributed by atoms with Crippen LogP contribution >= 0.6 is 0 Å². The Bertz CT molecular complexity index is 747. The van der Waals surface area contributed by atoms with Crippen molar-refractivity contribution >= 4 is 21.7 Å². The second kappa shape index (κ2) is 4.05. The third-order valence-corrected chi connectivity index (χ3v) is 3.35. The Labute approximate surface area is 105 Å². The van der Waals surface area contributed by atoms with Crippen molar-refractivity contribution in [2.24, 2.45) is 0 Å². The summed E-state index contributed by atoms with van der Waals surface area (Å²) in [5.74, 6) is 0. The van der Waals surface area contributed by atoms with Crippen LogP contribution in [0.3, 0.4) is 0 Å². The second-order valence-corrected chi connectivity index (χ2v) is 4.72. The van der Waals surface area contributed by atoms with Crippen molar-refractivity contribution in [2.45, 2.75) is 20.5 Å². The number of halogens is 1. The maximum Gasteiger partial charge on any atom is 0.132 e. The van der Waals surface area contributed by atoms with E-state index >= 15 is 0 Å². The molecule has 0 spiro atoms. The number of nitrogens with zero attached hydrogens (tertiary/aromatic N) is 1. The Hall–Kier alpha value is -1.96. The van der Waals surface area contributed by atoms with Crippen molar-refractivity contribution in [2.75, 3.05) is 0 Å². The molecule has 0 aliphatic rings. The van der Waals surface area contributed by atoms with Crippen molar-refractivity contribution in [1.82, 2.24) is 4.98 Å². The van der Waals surface area contributed by atoms with Gasteiger partial charge in [0.2, 0.25) is 0 Å². The highest BCUT2D eigenvalue weighted by Gasteiger charge is 2.09. The molecule has 1 aromatic heterocycles. The van der Waals surface area contributed by atoms with Gasteiger partial charge in [0.05, 0.1) is 11.2 Å². The molecule has 90 valence electrons. The Morgan fingerprint density at radius 1 is 1.00 bits per heavy atom. The fraction of sp³-hybridized carbons (Fsp3) is 0.188. The van der Waals surface area contributed by atoms with Crippen LogP contribution in [0, 0.1) is 13.8 Å². The minimum Gasteiger partial charge on any atom is -0.249 e. The first-order chi connectivity index (χ1) is 8.70. The zero-order valence-corrected chi connectivity index (χ0v) is 10.5. The molecular formula is C16H14FN. The van der Waals surface area contributed by atoms with Gasteiger partial charge in [0.1, 0.15) is 6.67 Å². The maximum atomic E-state index is 13.1. The number of fused-ring (bicyclic) bond motifs is 3. The number of alkyl halides is 1. The lowest BCUT2D eigenvalue weighted by molar-refractivity contribution is 0.480. The molecular weight excluding hydrogens is 225 g/mol. The minimum absolute atomic E-state index is 0.524. The van der Waals surface area contributed by atoms with Gasteiger partial charge in [-0.1, -0.05) is 35.9 Å². The number of hydrogen-bond acceptors (Lipinski definition) is 1. The van der Waals surface area contributed by atoms with Crippen LogP contribution in [0.5, 0.6) is 0 Å². The number of rotatable bonds is 1. The number of aromatic nitrogens is 1. The van der Waals surface area contributed by atoms with E-state index in [-0.39, 0.29) is 0 Å². The van der Waals surface area contributed by atoms with Crippen molar-refractivity contribution in [3.8, 4) is 0 Å². The fourth-order valence-corrected chi connectivity index (χ4v) is 2.58. The quantitative estimate of drug-likeness (QED) is 0.571. The van der Waals surface area contributed by atoms with Crippen LogP contribution in [-0.2, 0) is 6.67 Å². The van der Waals surface area contributed by atoms with E-state index in [1.165, 1.54) is 5.56 Å². The van der Waals surface area contributed by atoms with Gasteiger partial charge in [0.15, 0.2) is 0 Å². The molecule has 0 saturated heterocycles. The molecule has 1 heterocycles. The predicted molar refractivity (Wildman–Crippen MR) is 73.5 cm³/mol. The molecule has 0 N–H and O–H groups in total. The molecule has 2 aromatic carbocycles. The first-order valence-electron chi connectivity index (χ1n) is 6.05. The van der Waals surface area contributed by atoms with Gasteiger partial charge in [-0.3, -0.25) is 0 Å². The summed E-state index contributed by atoms with van der Waals surface area (Å²) < 4.78 is 13.1. The number of aryl methyl sites for hydroxylation is 2. The van der Waals surface area contributed by atoms with Gasteiger partial charge in [0.25, 0.3) is 0 Å². The van der Waals surface area contributed by atoms with E-state index in [0.717, 1.165) is 27.2 Å². The smallest absolute Gasteiger partial charge is 0.132 e. The molecule has 1 nitrogen and oxygen atoms in total. The molecule has 0 aliphatic carbocycles. The summed E-state index contributed by atoms with van der Waals surface area (Å²) in [5, 5.41) is 3.11. The van der Waals surface area contributed by atoms with Crippen LogP contribution < -0.4 is 0 Å². The SMILES string of the molecule is Cc1cc(C)c2nc(CF)c3ccccc3c2c1. The van der Waals surface area contributed by atoms with Gasteiger partial charge in [-0.2, -0.15) is 0 Å². The van der Waals surface area contributed by atoms with Gasteiger partial charge in [-0.25, -0.2) is 9.37 Å². The van der Waals surface area contributed by atoms with E-state index < -0.39 is 6.67 Å². The Balaban J connectivity index is 2.59. The predicted octanol–water partition coefficient (Wildman–Crippen LogP) is 4.47. The van der Waals surface area contributed by atoms with E-state index in [0.29, 0.717) is 5.69 Å². The van der Waals surface area contributed by atoms with Gasteiger partial charge in [0, 0.05) is 10.8 Å². The van der Waals surface area contributed by atoms with E-state index in [4.69, 9.17) is 0 Å².